The molecule has 0 radical (unpaired) electrons. The van der Waals surface area contributed by atoms with E-state index in [1.54, 1.807) is 0 Å². The van der Waals surface area contributed by atoms with Crippen LogP contribution in [0.3, 0.4) is 0 Å². The first-order valence-electron chi connectivity index (χ1n) is 5.72. The molecule has 0 aromatic heterocycles. The molecular formula is C13H16BrClO. The number of ether oxygens (including phenoxy) is 1. The molecule has 0 bridgehead atoms. The maximum atomic E-state index is 6.51. The minimum absolute atomic E-state index is 0.0364. The second-order valence-electron chi connectivity index (χ2n) is 4.37. The Labute approximate surface area is 110 Å². The normalized spacial score (nSPS) is 17.8. The van der Waals surface area contributed by atoms with Crippen LogP contribution in [0.15, 0.2) is 16.6 Å². The highest BCUT2D eigenvalue weighted by Crippen LogP contribution is 2.42. The van der Waals surface area contributed by atoms with Crippen molar-refractivity contribution in [1.29, 1.82) is 0 Å². The van der Waals surface area contributed by atoms with Gasteiger partial charge in [-0.05, 0) is 23.6 Å². The van der Waals surface area contributed by atoms with Gasteiger partial charge in [0.2, 0.25) is 0 Å². The minimum atomic E-state index is 0.0364. The van der Waals surface area contributed by atoms with Crippen molar-refractivity contribution in [2.24, 2.45) is 5.92 Å². The highest BCUT2D eigenvalue weighted by molar-refractivity contribution is 9.10. The predicted octanol–water partition coefficient (Wildman–Crippen LogP) is 4.71. The van der Waals surface area contributed by atoms with E-state index in [0.29, 0.717) is 5.92 Å². The van der Waals surface area contributed by atoms with E-state index in [0.717, 1.165) is 35.2 Å². The highest BCUT2D eigenvalue weighted by Gasteiger charge is 2.24. The second-order valence-corrected chi connectivity index (χ2v) is 5.75. The van der Waals surface area contributed by atoms with Crippen LogP contribution in [0.5, 0.6) is 5.75 Å². The third-order valence-corrected chi connectivity index (χ3v) is 4.34. The van der Waals surface area contributed by atoms with Crippen molar-refractivity contribution in [1.82, 2.24) is 0 Å². The van der Waals surface area contributed by atoms with Crippen molar-refractivity contribution in [2.75, 3.05) is 6.61 Å². The van der Waals surface area contributed by atoms with Gasteiger partial charge in [-0.2, -0.15) is 0 Å². The first-order chi connectivity index (χ1) is 7.63. The van der Waals surface area contributed by atoms with Gasteiger partial charge in [0.15, 0.2) is 0 Å². The molecule has 1 aliphatic rings. The fraction of sp³-hybridized carbons (Fsp3) is 0.538. The summed E-state index contributed by atoms with van der Waals surface area (Å²) in [6, 6.07) is 4.22. The van der Waals surface area contributed by atoms with E-state index in [4.69, 9.17) is 16.3 Å². The van der Waals surface area contributed by atoms with Gasteiger partial charge in [-0.25, -0.2) is 0 Å². The fourth-order valence-corrected chi connectivity index (χ4v) is 2.88. The molecule has 0 saturated carbocycles. The lowest BCUT2D eigenvalue weighted by Gasteiger charge is -2.19. The number of hydrogen-bond donors (Lipinski definition) is 0. The van der Waals surface area contributed by atoms with E-state index >= 15 is 0 Å². The van der Waals surface area contributed by atoms with Gasteiger partial charge in [0.25, 0.3) is 0 Å². The van der Waals surface area contributed by atoms with Crippen LogP contribution in [-0.4, -0.2) is 6.61 Å². The van der Waals surface area contributed by atoms with Gasteiger partial charge < -0.3 is 4.74 Å². The average molecular weight is 304 g/mol. The van der Waals surface area contributed by atoms with Gasteiger partial charge in [-0.15, -0.1) is 11.6 Å². The molecule has 0 amide bonds. The van der Waals surface area contributed by atoms with Crippen LogP contribution in [-0.2, 0) is 6.42 Å². The summed E-state index contributed by atoms with van der Waals surface area (Å²) in [4.78, 5) is 0. The van der Waals surface area contributed by atoms with Crippen LogP contribution in [0.4, 0.5) is 0 Å². The van der Waals surface area contributed by atoms with Gasteiger partial charge in [-0.3, -0.25) is 0 Å². The third kappa shape index (κ3) is 2.23. The molecule has 88 valence electrons. The van der Waals surface area contributed by atoms with E-state index < -0.39 is 0 Å². The van der Waals surface area contributed by atoms with E-state index in [9.17, 15) is 0 Å². The summed E-state index contributed by atoms with van der Waals surface area (Å²) >= 11 is 10.1. The second kappa shape index (κ2) is 4.97. The number of alkyl halides is 1. The third-order valence-electron chi connectivity index (χ3n) is 3.22. The summed E-state index contributed by atoms with van der Waals surface area (Å²) in [5, 5.41) is 0.0364. The Bertz CT molecular complexity index is 392. The van der Waals surface area contributed by atoms with Crippen molar-refractivity contribution in [2.45, 2.75) is 32.1 Å². The number of benzene rings is 1. The Morgan fingerprint density at radius 1 is 1.50 bits per heavy atom. The molecule has 1 nitrogen and oxygen atoms in total. The van der Waals surface area contributed by atoms with Crippen molar-refractivity contribution < 1.29 is 4.74 Å². The largest absolute Gasteiger partial charge is 0.493 e. The highest BCUT2D eigenvalue weighted by atomic mass is 79.9. The molecule has 3 heteroatoms. The zero-order valence-electron chi connectivity index (χ0n) is 9.59. The van der Waals surface area contributed by atoms with Crippen LogP contribution in [0.25, 0.3) is 0 Å². The molecule has 0 fully saturated rings. The van der Waals surface area contributed by atoms with Crippen LogP contribution in [0, 0.1) is 5.92 Å². The first-order valence-corrected chi connectivity index (χ1v) is 6.95. The zero-order chi connectivity index (χ0) is 11.7. The van der Waals surface area contributed by atoms with Crippen LogP contribution in [0.1, 0.15) is 36.8 Å². The maximum Gasteiger partial charge on any atom is 0.127 e. The smallest absolute Gasteiger partial charge is 0.127 e. The standard InChI is InChI=1S/C13H16BrClO/c1-3-8(2)12(15)11-7-10(14)6-9-4-5-16-13(9)11/h6-8,12H,3-5H2,1-2H3. The Morgan fingerprint density at radius 3 is 2.94 bits per heavy atom. The van der Waals surface area contributed by atoms with Crippen LogP contribution in [0.2, 0.25) is 0 Å². The van der Waals surface area contributed by atoms with E-state index in [-0.39, 0.29) is 5.38 Å². The fourth-order valence-electron chi connectivity index (χ4n) is 2.02. The van der Waals surface area contributed by atoms with E-state index in [2.05, 4.69) is 41.9 Å². The molecule has 1 aromatic rings. The zero-order valence-corrected chi connectivity index (χ0v) is 11.9. The Hall–Kier alpha value is -0.210. The van der Waals surface area contributed by atoms with Gasteiger partial charge in [0.1, 0.15) is 5.75 Å². The van der Waals surface area contributed by atoms with Gasteiger partial charge in [0.05, 0.1) is 12.0 Å². The number of fused-ring (bicyclic) bond motifs is 1. The average Bonchev–Trinajstić information content (AvgIpc) is 2.73. The Kier molecular flexibility index (Phi) is 3.81. The molecule has 2 rings (SSSR count). The van der Waals surface area contributed by atoms with Gasteiger partial charge in [-0.1, -0.05) is 36.2 Å². The Morgan fingerprint density at radius 2 is 2.25 bits per heavy atom. The molecule has 0 saturated heterocycles. The number of hydrogen-bond acceptors (Lipinski definition) is 1. The molecule has 1 heterocycles. The lowest BCUT2D eigenvalue weighted by Crippen LogP contribution is -2.04. The predicted molar refractivity (Wildman–Crippen MR) is 71.4 cm³/mol. The molecular weight excluding hydrogens is 287 g/mol. The summed E-state index contributed by atoms with van der Waals surface area (Å²) in [6.45, 7) is 5.13. The molecule has 1 aromatic carbocycles. The van der Waals surface area contributed by atoms with Gasteiger partial charge in [0, 0.05) is 16.5 Å². The number of rotatable bonds is 3. The molecule has 0 spiro atoms. The molecule has 1 aliphatic heterocycles. The summed E-state index contributed by atoms with van der Waals surface area (Å²) in [5.41, 5.74) is 2.41. The van der Waals surface area contributed by atoms with Crippen LogP contribution >= 0.6 is 27.5 Å². The first kappa shape index (κ1) is 12.3. The van der Waals surface area contributed by atoms with Crippen molar-refractivity contribution in [3.8, 4) is 5.75 Å². The molecule has 2 unspecified atom stereocenters. The minimum Gasteiger partial charge on any atom is -0.493 e. The summed E-state index contributed by atoms with van der Waals surface area (Å²) in [7, 11) is 0. The molecule has 0 N–H and O–H groups in total. The lowest BCUT2D eigenvalue weighted by atomic mass is 9.96. The summed E-state index contributed by atoms with van der Waals surface area (Å²) < 4.78 is 6.79. The topological polar surface area (TPSA) is 9.23 Å². The molecule has 2 atom stereocenters. The van der Waals surface area contributed by atoms with Crippen molar-refractivity contribution >= 4 is 27.5 Å². The SMILES string of the molecule is CCC(C)C(Cl)c1cc(Br)cc2c1OCC2. The molecule has 16 heavy (non-hydrogen) atoms. The van der Waals surface area contributed by atoms with Crippen LogP contribution < -0.4 is 4.74 Å². The van der Waals surface area contributed by atoms with Gasteiger partial charge >= 0.3 is 0 Å². The van der Waals surface area contributed by atoms with E-state index in [1.165, 1.54) is 5.56 Å². The quantitative estimate of drug-likeness (QED) is 0.735. The van der Waals surface area contributed by atoms with Crippen molar-refractivity contribution in [3.05, 3.63) is 27.7 Å². The molecule has 0 aliphatic carbocycles. The Balaban J connectivity index is 2.40. The lowest BCUT2D eigenvalue weighted by molar-refractivity contribution is 0.350. The summed E-state index contributed by atoms with van der Waals surface area (Å²) in [6.07, 6.45) is 2.07. The number of halogens is 2. The summed E-state index contributed by atoms with van der Waals surface area (Å²) in [5.74, 6) is 1.48. The van der Waals surface area contributed by atoms with E-state index in [1.807, 2.05) is 0 Å². The monoisotopic (exact) mass is 302 g/mol. The maximum absolute atomic E-state index is 6.51. The van der Waals surface area contributed by atoms with Crippen molar-refractivity contribution in [3.63, 3.8) is 0 Å².